The maximum Gasteiger partial charge on any atom is 0.200 e. The van der Waals surface area contributed by atoms with Crippen molar-refractivity contribution in [3.63, 3.8) is 0 Å². The first kappa shape index (κ1) is 14.1. The van der Waals surface area contributed by atoms with Gasteiger partial charge in [0, 0.05) is 6.54 Å². The molecule has 8 nitrogen and oxygen atoms in total. The summed E-state index contributed by atoms with van der Waals surface area (Å²) < 4.78 is 7.25. The van der Waals surface area contributed by atoms with Crippen molar-refractivity contribution >= 4 is 17.6 Å². The second-order valence-electron chi connectivity index (χ2n) is 4.19. The Bertz CT molecular complexity index is 835. The molecule has 2 N–H and O–H groups in total. The first-order valence-corrected chi connectivity index (χ1v) is 7.22. The van der Waals surface area contributed by atoms with Gasteiger partial charge in [-0.3, -0.25) is 4.57 Å². The molecule has 0 aliphatic carbocycles. The predicted molar refractivity (Wildman–Crippen MR) is 78.7 cm³/mol. The van der Waals surface area contributed by atoms with Crippen molar-refractivity contribution in [3.05, 3.63) is 30.2 Å². The molecule has 0 radical (unpaired) electrons. The zero-order valence-corrected chi connectivity index (χ0v) is 12.4. The lowest BCUT2D eigenvalue weighted by atomic mass is 10.3. The average molecular weight is 313 g/mol. The van der Waals surface area contributed by atoms with Gasteiger partial charge >= 0.3 is 0 Å². The molecule has 0 saturated carbocycles. The highest BCUT2D eigenvalue weighted by molar-refractivity contribution is 7.99. The quantitative estimate of drug-likeness (QED) is 0.726. The fourth-order valence-corrected chi connectivity index (χ4v) is 2.65. The Morgan fingerprint density at radius 1 is 1.45 bits per heavy atom. The summed E-state index contributed by atoms with van der Waals surface area (Å²) in [5.41, 5.74) is 5.94. The number of hydrogen-bond donors (Lipinski definition) is 1. The SMILES string of the molecule is CCn1c(Sc2ncc(C#N)c(N)n2)nnc1-c1ccco1. The highest BCUT2D eigenvalue weighted by Gasteiger charge is 2.17. The first-order valence-electron chi connectivity index (χ1n) is 6.40. The normalized spacial score (nSPS) is 10.5. The molecule has 0 atom stereocenters. The van der Waals surface area contributed by atoms with Crippen LogP contribution >= 0.6 is 11.8 Å². The van der Waals surface area contributed by atoms with Crippen molar-refractivity contribution in [1.82, 2.24) is 24.7 Å². The van der Waals surface area contributed by atoms with Gasteiger partial charge in [-0.05, 0) is 30.8 Å². The number of nitriles is 1. The van der Waals surface area contributed by atoms with Crippen molar-refractivity contribution in [3.8, 4) is 17.7 Å². The summed E-state index contributed by atoms with van der Waals surface area (Å²) in [6.45, 7) is 2.64. The lowest BCUT2D eigenvalue weighted by molar-refractivity contribution is 0.567. The molecule has 3 rings (SSSR count). The topological polar surface area (TPSA) is 119 Å². The number of furan rings is 1. The fourth-order valence-electron chi connectivity index (χ4n) is 1.83. The maximum absolute atomic E-state index is 8.84. The van der Waals surface area contributed by atoms with Crippen molar-refractivity contribution in [2.24, 2.45) is 0 Å². The second-order valence-corrected chi connectivity index (χ2v) is 5.13. The van der Waals surface area contributed by atoms with Crippen LogP contribution in [0.5, 0.6) is 0 Å². The molecule has 0 aromatic carbocycles. The summed E-state index contributed by atoms with van der Waals surface area (Å²) in [4.78, 5) is 8.19. The van der Waals surface area contributed by atoms with Gasteiger partial charge in [0.1, 0.15) is 17.5 Å². The number of nitrogens with two attached hydrogens (primary N) is 1. The minimum absolute atomic E-state index is 0.147. The smallest absolute Gasteiger partial charge is 0.200 e. The van der Waals surface area contributed by atoms with Gasteiger partial charge in [0.05, 0.1) is 12.5 Å². The molecule has 110 valence electrons. The van der Waals surface area contributed by atoms with Crippen molar-refractivity contribution in [2.75, 3.05) is 5.73 Å². The van der Waals surface area contributed by atoms with Gasteiger partial charge < -0.3 is 10.2 Å². The summed E-state index contributed by atoms with van der Waals surface area (Å²) in [5, 5.41) is 18.1. The van der Waals surface area contributed by atoms with Gasteiger partial charge in [0.2, 0.25) is 0 Å². The lowest BCUT2D eigenvalue weighted by Crippen LogP contribution is -2.01. The van der Waals surface area contributed by atoms with E-state index in [0.29, 0.717) is 28.4 Å². The number of anilines is 1. The molecule has 0 saturated heterocycles. The van der Waals surface area contributed by atoms with Gasteiger partial charge in [-0.15, -0.1) is 10.2 Å². The number of nitrogens with zero attached hydrogens (tertiary/aromatic N) is 6. The van der Waals surface area contributed by atoms with Crippen LogP contribution in [0, 0.1) is 11.3 Å². The Kier molecular flexibility index (Phi) is 3.76. The maximum atomic E-state index is 8.84. The molecule has 0 spiro atoms. The van der Waals surface area contributed by atoms with Crippen LogP contribution in [0.15, 0.2) is 39.3 Å². The largest absolute Gasteiger partial charge is 0.461 e. The minimum Gasteiger partial charge on any atom is -0.461 e. The third kappa shape index (κ3) is 2.51. The van der Waals surface area contributed by atoms with E-state index in [1.165, 1.54) is 18.0 Å². The Morgan fingerprint density at radius 3 is 2.95 bits per heavy atom. The molecule has 0 fully saturated rings. The number of hydrogen-bond acceptors (Lipinski definition) is 8. The van der Waals surface area contributed by atoms with E-state index in [1.807, 2.05) is 23.6 Å². The first-order chi connectivity index (χ1) is 10.7. The molecule has 0 amide bonds. The molecule has 0 aliphatic rings. The van der Waals surface area contributed by atoms with Crippen molar-refractivity contribution in [2.45, 2.75) is 23.8 Å². The van der Waals surface area contributed by atoms with E-state index in [0.717, 1.165) is 0 Å². The van der Waals surface area contributed by atoms with Crippen LogP contribution in [-0.2, 0) is 6.54 Å². The summed E-state index contributed by atoms with van der Waals surface area (Å²) >= 11 is 1.23. The van der Waals surface area contributed by atoms with Crippen LogP contribution in [-0.4, -0.2) is 24.7 Å². The minimum atomic E-state index is 0.147. The molecule has 3 heterocycles. The van der Waals surface area contributed by atoms with E-state index < -0.39 is 0 Å². The Balaban J connectivity index is 1.93. The van der Waals surface area contributed by atoms with Crippen LogP contribution in [0.2, 0.25) is 0 Å². The number of rotatable bonds is 4. The second kappa shape index (κ2) is 5.87. The summed E-state index contributed by atoms with van der Waals surface area (Å²) in [6.07, 6.45) is 2.98. The van der Waals surface area contributed by atoms with E-state index in [1.54, 1.807) is 12.3 Å². The van der Waals surface area contributed by atoms with Crippen molar-refractivity contribution in [1.29, 1.82) is 5.26 Å². The van der Waals surface area contributed by atoms with E-state index in [4.69, 9.17) is 15.4 Å². The summed E-state index contributed by atoms with van der Waals surface area (Å²) in [7, 11) is 0. The molecule has 0 bridgehead atoms. The van der Waals surface area contributed by atoms with Gasteiger partial charge in [0.25, 0.3) is 0 Å². The molecule has 0 unspecified atom stereocenters. The number of aromatic nitrogens is 5. The van der Waals surface area contributed by atoms with E-state index in [9.17, 15) is 0 Å². The highest BCUT2D eigenvalue weighted by Crippen LogP contribution is 2.28. The fraction of sp³-hybridized carbons (Fsp3) is 0.154. The standard InChI is InChI=1S/C13H11N7OS/c1-2-20-11(9-4-3-5-21-9)18-19-13(20)22-12-16-7-8(6-14)10(15)17-12/h3-5,7H,2H2,1H3,(H2,15,16,17). The Labute approximate surface area is 130 Å². The Hall–Kier alpha value is -2.86. The third-order valence-electron chi connectivity index (χ3n) is 2.87. The van der Waals surface area contributed by atoms with Gasteiger partial charge in [0.15, 0.2) is 21.9 Å². The van der Waals surface area contributed by atoms with Crippen LogP contribution in [0.3, 0.4) is 0 Å². The zero-order valence-electron chi connectivity index (χ0n) is 11.6. The van der Waals surface area contributed by atoms with E-state index >= 15 is 0 Å². The number of nitrogen functional groups attached to an aromatic ring is 1. The van der Waals surface area contributed by atoms with Crippen LogP contribution in [0.4, 0.5) is 5.82 Å². The Morgan fingerprint density at radius 2 is 2.32 bits per heavy atom. The van der Waals surface area contributed by atoms with Crippen LogP contribution < -0.4 is 5.73 Å². The van der Waals surface area contributed by atoms with Gasteiger partial charge in [-0.1, -0.05) is 0 Å². The van der Waals surface area contributed by atoms with E-state index in [2.05, 4.69) is 20.2 Å². The van der Waals surface area contributed by atoms with Crippen molar-refractivity contribution < 1.29 is 4.42 Å². The third-order valence-corrected chi connectivity index (χ3v) is 3.74. The summed E-state index contributed by atoms with van der Waals surface area (Å²) in [5.74, 6) is 1.42. The molecule has 3 aromatic rings. The van der Waals surface area contributed by atoms with Gasteiger partial charge in [-0.2, -0.15) is 5.26 Å². The molecule has 9 heteroatoms. The monoisotopic (exact) mass is 313 g/mol. The zero-order chi connectivity index (χ0) is 15.5. The highest BCUT2D eigenvalue weighted by atomic mass is 32.2. The molecular weight excluding hydrogens is 302 g/mol. The lowest BCUT2D eigenvalue weighted by Gasteiger charge is -2.05. The van der Waals surface area contributed by atoms with Crippen LogP contribution in [0.1, 0.15) is 12.5 Å². The molecule has 3 aromatic heterocycles. The average Bonchev–Trinajstić information content (AvgIpc) is 3.16. The van der Waals surface area contributed by atoms with E-state index in [-0.39, 0.29) is 11.4 Å². The molecule has 22 heavy (non-hydrogen) atoms. The molecule has 0 aliphatic heterocycles. The predicted octanol–water partition coefficient (Wildman–Crippen LogP) is 1.95. The van der Waals surface area contributed by atoms with Gasteiger partial charge in [-0.25, -0.2) is 9.97 Å². The van der Waals surface area contributed by atoms with Crippen LogP contribution in [0.25, 0.3) is 11.6 Å². The molecular formula is C13H11N7OS. The summed E-state index contributed by atoms with van der Waals surface area (Å²) in [6, 6.07) is 5.54.